The molecule has 0 radical (unpaired) electrons. The minimum atomic E-state index is -4.41. The van der Waals surface area contributed by atoms with E-state index in [0.717, 1.165) is 12.1 Å². The van der Waals surface area contributed by atoms with Crippen molar-refractivity contribution in [3.8, 4) is 0 Å². The van der Waals surface area contributed by atoms with Gasteiger partial charge in [0.25, 0.3) is 0 Å². The van der Waals surface area contributed by atoms with Crippen LogP contribution in [0.3, 0.4) is 0 Å². The number of anilines is 1. The van der Waals surface area contributed by atoms with E-state index in [9.17, 15) is 18.0 Å². The lowest BCUT2D eigenvalue weighted by molar-refractivity contribution is -0.137. The van der Waals surface area contributed by atoms with E-state index < -0.39 is 11.7 Å². The minimum absolute atomic E-state index is 0.222. The van der Waals surface area contributed by atoms with Crippen molar-refractivity contribution in [1.29, 1.82) is 0 Å². The highest BCUT2D eigenvalue weighted by Crippen LogP contribution is 2.33. The Bertz CT molecular complexity index is 670. The summed E-state index contributed by atoms with van der Waals surface area (Å²) in [6, 6.07) is 3.21. The van der Waals surface area contributed by atoms with Crippen LogP contribution in [0.15, 0.2) is 24.4 Å². The molecule has 1 aromatic heterocycles. The number of halogens is 4. The predicted molar refractivity (Wildman–Crippen MR) is 75.7 cm³/mol. The van der Waals surface area contributed by atoms with E-state index in [0.29, 0.717) is 15.6 Å². The van der Waals surface area contributed by atoms with Gasteiger partial charge < -0.3 is 5.32 Å². The molecule has 0 aliphatic rings. The molecule has 1 heterocycles. The molecule has 0 saturated heterocycles. The van der Waals surface area contributed by atoms with Crippen molar-refractivity contribution in [2.75, 3.05) is 5.32 Å². The van der Waals surface area contributed by atoms with Gasteiger partial charge in [0.15, 0.2) is 5.13 Å². The Morgan fingerprint density at radius 1 is 1.43 bits per heavy atom. The Balaban J connectivity index is 2.22. The number of carbonyl (C=O) groups excluding carboxylic acids is 1. The van der Waals surface area contributed by atoms with Crippen LogP contribution in [-0.2, 0) is 17.4 Å². The smallest absolute Gasteiger partial charge is 0.302 e. The van der Waals surface area contributed by atoms with Gasteiger partial charge >= 0.3 is 6.18 Å². The van der Waals surface area contributed by atoms with Gasteiger partial charge in [-0.15, -0.1) is 11.3 Å². The molecule has 0 saturated carbocycles. The average Bonchev–Trinajstić information content (AvgIpc) is 2.77. The molecule has 21 heavy (non-hydrogen) atoms. The van der Waals surface area contributed by atoms with Gasteiger partial charge in [0.1, 0.15) is 0 Å². The van der Waals surface area contributed by atoms with Crippen LogP contribution in [0.1, 0.15) is 22.9 Å². The van der Waals surface area contributed by atoms with Crippen LogP contribution < -0.4 is 5.32 Å². The van der Waals surface area contributed by atoms with Crippen molar-refractivity contribution in [2.24, 2.45) is 0 Å². The summed E-state index contributed by atoms with van der Waals surface area (Å²) in [4.78, 5) is 15.6. The van der Waals surface area contributed by atoms with Crippen molar-refractivity contribution in [3.05, 3.63) is 45.4 Å². The molecular formula is C13H10ClF3N2OS. The zero-order valence-corrected chi connectivity index (χ0v) is 12.4. The number of alkyl halides is 3. The van der Waals surface area contributed by atoms with Crippen molar-refractivity contribution >= 4 is 34.0 Å². The third kappa shape index (κ3) is 4.18. The number of nitrogens with one attached hydrogen (secondary N) is 1. The minimum Gasteiger partial charge on any atom is -0.302 e. The molecule has 0 fully saturated rings. The molecule has 1 aromatic carbocycles. The molecular weight excluding hydrogens is 325 g/mol. The zero-order valence-electron chi connectivity index (χ0n) is 10.8. The van der Waals surface area contributed by atoms with Crippen LogP contribution in [0.4, 0.5) is 18.3 Å². The third-order valence-electron chi connectivity index (χ3n) is 2.57. The van der Waals surface area contributed by atoms with E-state index in [4.69, 9.17) is 11.6 Å². The lowest BCUT2D eigenvalue weighted by atomic mass is 10.1. The van der Waals surface area contributed by atoms with E-state index >= 15 is 0 Å². The Labute approximate surface area is 127 Å². The first-order valence-corrected chi connectivity index (χ1v) is 7.03. The number of thiazole rings is 1. The van der Waals surface area contributed by atoms with Crippen LogP contribution in [0.2, 0.25) is 5.02 Å². The number of carbonyl (C=O) groups is 1. The van der Waals surface area contributed by atoms with Crippen molar-refractivity contribution < 1.29 is 18.0 Å². The quantitative estimate of drug-likeness (QED) is 0.906. The van der Waals surface area contributed by atoms with E-state index in [1.165, 1.54) is 30.5 Å². The number of amides is 1. The summed E-state index contributed by atoms with van der Waals surface area (Å²) in [6.07, 6.45) is -2.68. The first kappa shape index (κ1) is 15.8. The molecule has 0 spiro atoms. The third-order valence-corrected chi connectivity index (χ3v) is 3.86. The largest absolute Gasteiger partial charge is 0.416 e. The van der Waals surface area contributed by atoms with Crippen LogP contribution >= 0.6 is 22.9 Å². The number of aromatic nitrogens is 1. The summed E-state index contributed by atoms with van der Waals surface area (Å²) in [7, 11) is 0. The number of benzene rings is 1. The Hall–Kier alpha value is -1.60. The average molecular weight is 335 g/mol. The Kier molecular flexibility index (Phi) is 4.53. The molecule has 8 heteroatoms. The maximum atomic E-state index is 12.7. The maximum absolute atomic E-state index is 12.7. The number of rotatable bonds is 3. The molecule has 0 unspecified atom stereocenters. The second-order valence-electron chi connectivity index (χ2n) is 4.29. The molecule has 2 rings (SSSR count). The lowest BCUT2D eigenvalue weighted by Crippen LogP contribution is -2.05. The predicted octanol–water partition coefficient (Wildman–Crippen LogP) is 4.36. The summed E-state index contributed by atoms with van der Waals surface area (Å²) in [5.41, 5.74) is -0.377. The molecule has 0 atom stereocenters. The van der Waals surface area contributed by atoms with E-state index in [1.54, 1.807) is 0 Å². The molecule has 3 nitrogen and oxygen atoms in total. The molecule has 2 aromatic rings. The molecule has 1 N–H and O–H groups in total. The fraction of sp³-hybridized carbons (Fsp3) is 0.231. The summed E-state index contributed by atoms with van der Waals surface area (Å²) in [6.45, 7) is 1.35. The van der Waals surface area contributed by atoms with Gasteiger partial charge in [-0.3, -0.25) is 4.79 Å². The van der Waals surface area contributed by atoms with E-state index in [-0.39, 0.29) is 17.4 Å². The molecule has 0 aliphatic carbocycles. The number of nitrogens with zero attached hydrogens (tertiary/aromatic N) is 1. The summed E-state index contributed by atoms with van der Waals surface area (Å²) in [5.74, 6) is -0.256. The van der Waals surface area contributed by atoms with Gasteiger partial charge in [0.2, 0.25) is 5.91 Å². The van der Waals surface area contributed by atoms with Crippen LogP contribution in [-0.4, -0.2) is 10.9 Å². The summed E-state index contributed by atoms with van der Waals surface area (Å²) in [5, 5.41) is 3.18. The molecule has 112 valence electrons. The number of hydrogen-bond donors (Lipinski definition) is 1. The fourth-order valence-corrected chi connectivity index (χ4v) is 2.74. The lowest BCUT2D eigenvalue weighted by Gasteiger charge is -2.09. The SMILES string of the molecule is CC(=O)Nc1ncc(Cc2cc(C(F)(F)F)ccc2Cl)s1. The zero-order chi connectivity index (χ0) is 15.6. The van der Waals surface area contributed by atoms with Gasteiger partial charge in [-0.25, -0.2) is 4.98 Å². The second kappa shape index (κ2) is 6.03. The van der Waals surface area contributed by atoms with E-state index in [2.05, 4.69) is 10.3 Å². The van der Waals surface area contributed by atoms with E-state index in [1.807, 2.05) is 0 Å². The van der Waals surface area contributed by atoms with Crippen LogP contribution in [0.5, 0.6) is 0 Å². The first-order valence-electron chi connectivity index (χ1n) is 5.83. The highest BCUT2D eigenvalue weighted by Gasteiger charge is 2.30. The van der Waals surface area contributed by atoms with Crippen molar-refractivity contribution in [2.45, 2.75) is 19.5 Å². The highest BCUT2D eigenvalue weighted by atomic mass is 35.5. The van der Waals surface area contributed by atoms with Crippen LogP contribution in [0.25, 0.3) is 0 Å². The van der Waals surface area contributed by atoms with Gasteiger partial charge in [0, 0.05) is 29.4 Å². The van der Waals surface area contributed by atoms with Crippen LogP contribution in [0, 0.1) is 0 Å². The van der Waals surface area contributed by atoms with Crippen molar-refractivity contribution in [1.82, 2.24) is 4.98 Å². The van der Waals surface area contributed by atoms with Gasteiger partial charge in [-0.2, -0.15) is 13.2 Å². The van der Waals surface area contributed by atoms with Gasteiger partial charge in [-0.1, -0.05) is 11.6 Å². The Morgan fingerprint density at radius 3 is 2.76 bits per heavy atom. The highest BCUT2D eigenvalue weighted by molar-refractivity contribution is 7.15. The monoisotopic (exact) mass is 334 g/mol. The summed E-state index contributed by atoms with van der Waals surface area (Å²) >= 11 is 7.13. The standard InChI is InChI=1S/C13H10ClF3N2OS/c1-7(20)19-12-18-6-10(21-12)5-8-4-9(13(15,16)17)2-3-11(8)14/h2-4,6H,5H2,1H3,(H,18,19,20). The fourth-order valence-electron chi connectivity index (χ4n) is 1.67. The first-order chi connectivity index (χ1) is 9.75. The second-order valence-corrected chi connectivity index (χ2v) is 5.82. The topological polar surface area (TPSA) is 42.0 Å². The Morgan fingerprint density at radius 2 is 2.14 bits per heavy atom. The normalized spacial score (nSPS) is 11.5. The van der Waals surface area contributed by atoms with Gasteiger partial charge in [0.05, 0.1) is 5.56 Å². The summed E-state index contributed by atoms with van der Waals surface area (Å²) < 4.78 is 38.1. The number of hydrogen-bond acceptors (Lipinski definition) is 3. The maximum Gasteiger partial charge on any atom is 0.416 e. The van der Waals surface area contributed by atoms with Gasteiger partial charge in [-0.05, 0) is 23.8 Å². The molecule has 0 aliphatic heterocycles. The molecule has 1 amide bonds. The molecule has 0 bridgehead atoms. The van der Waals surface area contributed by atoms with Crippen molar-refractivity contribution in [3.63, 3.8) is 0 Å².